The summed E-state index contributed by atoms with van der Waals surface area (Å²) in [6.07, 6.45) is 2.58. The lowest BCUT2D eigenvalue weighted by molar-refractivity contribution is 0.367. The molecule has 1 atom stereocenters. The number of hydrogen-bond acceptors (Lipinski definition) is 5. The van der Waals surface area contributed by atoms with Crippen LogP contribution in [0.4, 0.5) is 0 Å². The van der Waals surface area contributed by atoms with Crippen molar-refractivity contribution in [2.24, 2.45) is 5.73 Å². The molecule has 5 heteroatoms. The Morgan fingerprint density at radius 2 is 1.95 bits per heavy atom. The average molecular weight is 280 g/mol. The van der Waals surface area contributed by atoms with Crippen molar-refractivity contribution in [1.29, 1.82) is 0 Å². The van der Waals surface area contributed by atoms with Crippen LogP contribution in [0.25, 0.3) is 11.5 Å². The summed E-state index contributed by atoms with van der Waals surface area (Å²) in [5.41, 5.74) is 8.92. The SMILES string of the molecule is CCc1cccnc1-c1noc([C@H](N)c2ccccc2)n1. The number of aryl methyl sites for hydroxylation is 1. The molecule has 0 saturated heterocycles. The van der Waals surface area contributed by atoms with Crippen LogP contribution >= 0.6 is 0 Å². The minimum atomic E-state index is -0.429. The van der Waals surface area contributed by atoms with Gasteiger partial charge >= 0.3 is 0 Å². The fourth-order valence-electron chi connectivity index (χ4n) is 2.19. The topological polar surface area (TPSA) is 77.8 Å². The Balaban J connectivity index is 1.93. The van der Waals surface area contributed by atoms with Gasteiger partial charge in [0, 0.05) is 6.20 Å². The van der Waals surface area contributed by atoms with Crippen LogP contribution in [0.3, 0.4) is 0 Å². The maximum atomic E-state index is 6.16. The quantitative estimate of drug-likeness (QED) is 0.795. The highest BCUT2D eigenvalue weighted by Crippen LogP contribution is 2.22. The predicted octanol–water partition coefficient (Wildman–Crippen LogP) is 2.74. The highest BCUT2D eigenvalue weighted by Gasteiger charge is 2.18. The Kier molecular flexibility index (Phi) is 3.75. The van der Waals surface area contributed by atoms with Crippen LogP contribution in [0.15, 0.2) is 53.2 Å². The first-order valence-electron chi connectivity index (χ1n) is 6.88. The third-order valence-corrected chi connectivity index (χ3v) is 3.35. The van der Waals surface area contributed by atoms with Gasteiger partial charge in [0.25, 0.3) is 0 Å². The van der Waals surface area contributed by atoms with Crippen LogP contribution in [-0.4, -0.2) is 15.1 Å². The molecule has 1 aromatic carbocycles. The molecule has 2 heterocycles. The summed E-state index contributed by atoms with van der Waals surface area (Å²) in [5, 5.41) is 4.01. The van der Waals surface area contributed by atoms with E-state index in [1.807, 2.05) is 42.5 Å². The van der Waals surface area contributed by atoms with Gasteiger partial charge in [0.2, 0.25) is 11.7 Å². The van der Waals surface area contributed by atoms with E-state index in [1.54, 1.807) is 6.20 Å². The number of pyridine rings is 1. The highest BCUT2D eigenvalue weighted by molar-refractivity contribution is 5.53. The number of rotatable bonds is 4. The summed E-state index contributed by atoms with van der Waals surface area (Å²) in [6, 6.07) is 13.2. The first kappa shape index (κ1) is 13.5. The Morgan fingerprint density at radius 1 is 1.14 bits per heavy atom. The van der Waals surface area contributed by atoms with E-state index in [0.29, 0.717) is 11.7 Å². The maximum Gasteiger partial charge on any atom is 0.248 e. The van der Waals surface area contributed by atoms with Gasteiger partial charge in [-0.1, -0.05) is 48.5 Å². The monoisotopic (exact) mass is 280 g/mol. The zero-order chi connectivity index (χ0) is 14.7. The van der Waals surface area contributed by atoms with Gasteiger partial charge in [-0.15, -0.1) is 0 Å². The summed E-state index contributed by atoms with van der Waals surface area (Å²) in [4.78, 5) is 8.74. The smallest absolute Gasteiger partial charge is 0.248 e. The highest BCUT2D eigenvalue weighted by atomic mass is 16.5. The van der Waals surface area contributed by atoms with Crippen molar-refractivity contribution in [3.05, 3.63) is 65.7 Å². The van der Waals surface area contributed by atoms with Crippen molar-refractivity contribution < 1.29 is 4.52 Å². The van der Waals surface area contributed by atoms with E-state index in [2.05, 4.69) is 22.0 Å². The number of aromatic nitrogens is 3. The Morgan fingerprint density at radius 3 is 2.71 bits per heavy atom. The number of benzene rings is 1. The molecule has 0 aliphatic rings. The van der Waals surface area contributed by atoms with Gasteiger partial charge < -0.3 is 10.3 Å². The van der Waals surface area contributed by atoms with E-state index < -0.39 is 6.04 Å². The second-order valence-electron chi connectivity index (χ2n) is 4.71. The molecule has 3 aromatic rings. The van der Waals surface area contributed by atoms with Crippen molar-refractivity contribution in [2.75, 3.05) is 0 Å². The van der Waals surface area contributed by atoms with Gasteiger partial charge in [0.05, 0.1) is 0 Å². The molecule has 3 rings (SSSR count). The van der Waals surface area contributed by atoms with Crippen LogP contribution in [0.2, 0.25) is 0 Å². The zero-order valence-electron chi connectivity index (χ0n) is 11.7. The Labute approximate surface area is 122 Å². The predicted molar refractivity (Wildman–Crippen MR) is 79.4 cm³/mol. The van der Waals surface area contributed by atoms with Crippen LogP contribution in [0, 0.1) is 0 Å². The third kappa shape index (κ3) is 2.68. The summed E-state index contributed by atoms with van der Waals surface area (Å²) in [5.74, 6) is 0.873. The standard InChI is InChI=1S/C16H16N4O/c1-2-11-9-6-10-18-14(11)15-19-16(21-20-15)13(17)12-7-4-3-5-8-12/h3-10,13H,2,17H2,1H3/t13-/m1/s1. The van der Waals surface area contributed by atoms with Gasteiger partial charge in [0.15, 0.2) is 0 Å². The second kappa shape index (κ2) is 5.85. The Bertz CT molecular complexity index is 724. The lowest BCUT2D eigenvalue weighted by Gasteiger charge is -2.05. The molecule has 0 aliphatic carbocycles. The van der Waals surface area contributed by atoms with Gasteiger partial charge in [-0.05, 0) is 23.6 Å². The van der Waals surface area contributed by atoms with Gasteiger partial charge in [-0.3, -0.25) is 4.98 Å². The van der Waals surface area contributed by atoms with Crippen molar-refractivity contribution in [3.8, 4) is 11.5 Å². The number of hydrogen-bond donors (Lipinski definition) is 1. The van der Waals surface area contributed by atoms with Crippen LogP contribution < -0.4 is 5.73 Å². The van der Waals surface area contributed by atoms with E-state index in [-0.39, 0.29) is 0 Å². The molecule has 0 radical (unpaired) electrons. The minimum Gasteiger partial charge on any atom is -0.337 e. The van der Waals surface area contributed by atoms with Crippen LogP contribution in [0.5, 0.6) is 0 Å². The minimum absolute atomic E-state index is 0.393. The molecule has 0 unspecified atom stereocenters. The van der Waals surface area contributed by atoms with E-state index in [1.165, 1.54) is 0 Å². The van der Waals surface area contributed by atoms with E-state index in [9.17, 15) is 0 Å². The summed E-state index contributed by atoms with van der Waals surface area (Å²) in [6.45, 7) is 2.07. The first-order valence-corrected chi connectivity index (χ1v) is 6.88. The molecular weight excluding hydrogens is 264 g/mol. The average Bonchev–Trinajstić information content (AvgIpc) is 3.04. The van der Waals surface area contributed by atoms with Gasteiger partial charge in [-0.25, -0.2) is 0 Å². The van der Waals surface area contributed by atoms with E-state index >= 15 is 0 Å². The molecule has 0 spiro atoms. The summed E-state index contributed by atoms with van der Waals surface area (Å²) in [7, 11) is 0. The number of nitrogens with zero attached hydrogens (tertiary/aromatic N) is 3. The summed E-state index contributed by atoms with van der Waals surface area (Å²) < 4.78 is 5.31. The van der Waals surface area contributed by atoms with Crippen molar-refractivity contribution in [2.45, 2.75) is 19.4 Å². The second-order valence-corrected chi connectivity index (χ2v) is 4.71. The molecule has 106 valence electrons. The molecule has 2 aromatic heterocycles. The maximum absolute atomic E-state index is 6.16. The first-order chi connectivity index (χ1) is 10.3. The van der Waals surface area contributed by atoms with Crippen LogP contribution in [-0.2, 0) is 6.42 Å². The molecular formula is C16H16N4O. The van der Waals surface area contributed by atoms with Gasteiger partial charge in [0.1, 0.15) is 11.7 Å². The van der Waals surface area contributed by atoms with Crippen molar-refractivity contribution in [3.63, 3.8) is 0 Å². The molecule has 5 nitrogen and oxygen atoms in total. The number of nitrogens with two attached hydrogens (primary N) is 1. The van der Waals surface area contributed by atoms with E-state index in [4.69, 9.17) is 10.3 Å². The fourth-order valence-corrected chi connectivity index (χ4v) is 2.19. The van der Waals surface area contributed by atoms with Gasteiger partial charge in [-0.2, -0.15) is 4.98 Å². The molecule has 2 N–H and O–H groups in total. The molecule has 0 aliphatic heterocycles. The molecule has 0 bridgehead atoms. The normalized spacial score (nSPS) is 12.3. The zero-order valence-corrected chi connectivity index (χ0v) is 11.7. The van der Waals surface area contributed by atoms with Crippen molar-refractivity contribution in [1.82, 2.24) is 15.1 Å². The lowest BCUT2D eigenvalue weighted by Crippen LogP contribution is -2.12. The summed E-state index contributed by atoms with van der Waals surface area (Å²) >= 11 is 0. The van der Waals surface area contributed by atoms with Crippen LogP contribution in [0.1, 0.15) is 30.0 Å². The molecule has 0 amide bonds. The molecule has 0 fully saturated rings. The van der Waals surface area contributed by atoms with E-state index in [0.717, 1.165) is 23.2 Å². The largest absolute Gasteiger partial charge is 0.337 e. The fraction of sp³-hybridized carbons (Fsp3) is 0.188. The Hall–Kier alpha value is -2.53. The molecule has 21 heavy (non-hydrogen) atoms. The lowest BCUT2D eigenvalue weighted by atomic mass is 10.1. The molecule has 0 saturated carbocycles. The van der Waals surface area contributed by atoms with Crippen molar-refractivity contribution >= 4 is 0 Å². The third-order valence-electron chi connectivity index (χ3n) is 3.35.